The van der Waals surface area contributed by atoms with E-state index in [2.05, 4.69) is 73.5 Å². The first-order valence-electron chi connectivity index (χ1n) is 13.9. The van der Waals surface area contributed by atoms with Crippen molar-refractivity contribution in [2.75, 3.05) is 63.0 Å². The Labute approximate surface area is 254 Å². The van der Waals surface area contributed by atoms with Gasteiger partial charge in [0.2, 0.25) is 11.1 Å². The van der Waals surface area contributed by atoms with Crippen LogP contribution in [0.15, 0.2) is 47.4 Å². The van der Waals surface area contributed by atoms with Crippen molar-refractivity contribution in [3.05, 3.63) is 42.7 Å². The first kappa shape index (κ1) is 31.4. The Morgan fingerprint density at radius 2 is 1.93 bits per heavy atom. The highest BCUT2D eigenvalue weighted by atomic mass is 32.1. The van der Waals surface area contributed by atoms with Gasteiger partial charge in [-0.1, -0.05) is 37.8 Å². The molecule has 4 rings (SSSR count). The molecule has 14 nitrogen and oxygen atoms in total. The van der Waals surface area contributed by atoms with Gasteiger partial charge < -0.3 is 25.0 Å². The molecule has 0 atom stereocenters. The zero-order chi connectivity index (χ0) is 30.8. The molecular formula is C28H37N11O3S. The first-order chi connectivity index (χ1) is 20.8. The predicted octanol–water partition coefficient (Wildman–Crippen LogP) is 5.25. The number of benzene rings is 1. The van der Waals surface area contributed by atoms with Gasteiger partial charge in [0.1, 0.15) is 6.33 Å². The molecule has 0 fully saturated rings. The topological polar surface area (TPSA) is 157 Å². The van der Waals surface area contributed by atoms with Gasteiger partial charge in [-0.3, -0.25) is 0 Å². The minimum absolute atomic E-state index is 0.174. The zero-order valence-corrected chi connectivity index (χ0v) is 25.9. The van der Waals surface area contributed by atoms with Gasteiger partial charge in [0.15, 0.2) is 17.3 Å². The van der Waals surface area contributed by atoms with Crippen LogP contribution >= 0.6 is 11.3 Å². The second-order valence-corrected chi connectivity index (χ2v) is 11.0. The second kappa shape index (κ2) is 15.1. The van der Waals surface area contributed by atoms with E-state index in [-0.39, 0.29) is 12.6 Å². The lowest BCUT2D eigenvalue weighted by Crippen LogP contribution is -2.17. The summed E-state index contributed by atoms with van der Waals surface area (Å²) in [6.45, 7) is 9.67. The van der Waals surface area contributed by atoms with Gasteiger partial charge in [0, 0.05) is 47.0 Å². The average Bonchev–Trinajstić information content (AvgIpc) is 3.64. The predicted molar refractivity (Wildman–Crippen MR) is 168 cm³/mol. The summed E-state index contributed by atoms with van der Waals surface area (Å²) in [4.78, 5) is 31.4. The fourth-order valence-corrected chi connectivity index (χ4v) is 4.79. The van der Waals surface area contributed by atoms with E-state index in [0.717, 1.165) is 22.7 Å². The summed E-state index contributed by atoms with van der Waals surface area (Å²) in [6, 6.07) is 6.30. The Kier molecular flexibility index (Phi) is 11.0. The highest BCUT2D eigenvalue weighted by Gasteiger charge is 2.17. The van der Waals surface area contributed by atoms with Gasteiger partial charge in [-0.25, -0.2) is 9.78 Å². The van der Waals surface area contributed by atoms with Crippen molar-refractivity contribution in [2.24, 2.45) is 10.2 Å². The maximum atomic E-state index is 11.3. The van der Waals surface area contributed by atoms with Gasteiger partial charge in [0.05, 0.1) is 16.8 Å². The summed E-state index contributed by atoms with van der Waals surface area (Å²) < 4.78 is 12.9. The third-order valence-electron chi connectivity index (χ3n) is 6.11. The van der Waals surface area contributed by atoms with Crippen LogP contribution in [-0.4, -0.2) is 83.2 Å². The maximum absolute atomic E-state index is 11.3. The van der Waals surface area contributed by atoms with E-state index in [1.54, 1.807) is 18.1 Å². The fourth-order valence-electron chi connectivity index (χ4n) is 3.85. The molecule has 3 heterocycles. The summed E-state index contributed by atoms with van der Waals surface area (Å²) in [5.41, 5.74) is 2.61. The third-order valence-corrected chi connectivity index (χ3v) is 7.11. The van der Waals surface area contributed by atoms with Crippen molar-refractivity contribution in [3.8, 4) is 5.13 Å². The molecule has 1 aromatic carbocycles. The molecule has 3 aromatic heterocycles. The first-order valence-corrected chi connectivity index (χ1v) is 14.7. The Morgan fingerprint density at radius 1 is 1.14 bits per heavy atom. The maximum Gasteiger partial charge on any atom is 0.330 e. The summed E-state index contributed by atoms with van der Waals surface area (Å²) in [6.07, 6.45) is 4.04. The van der Waals surface area contributed by atoms with Crippen molar-refractivity contribution in [3.63, 3.8) is 0 Å². The van der Waals surface area contributed by atoms with E-state index in [4.69, 9.17) is 14.5 Å². The normalized spacial score (nSPS) is 11.4. The smallest absolute Gasteiger partial charge is 0.330 e. The Balaban J connectivity index is 1.55. The molecule has 15 heteroatoms. The lowest BCUT2D eigenvalue weighted by atomic mass is 10.0. The van der Waals surface area contributed by atoms with Crippen molar-refractivity contribution in [2.45, 2.75) is 32.6 Å². The molecule has 0 spiro atoms. The number of thiazole rings is 1. The number of anilines is 3. The number of carbonyl (C=O) groups excluding carboxylic acids is 1. The molecule has 2 N–H and O–H groups in total. The van der Waals surface area contributed by atoms with Crippen LogP contribution < -0.4 is 15.5 Å². The third kappa shape index (κ3) is 8.51. The van der Waals surface area contributed by atoms with Crippen LogP contribution in [0, 0.1) is 0 Å². The van der Waals surface area contributed by atoms with Gasteiger partial charge in [0.25, 0.3) is 5.95 Å². The van der Waals surface area contributed by atoms with Gasteiger partial charge in [-0.15, -0.1) is 15.3 Å². The van der Waals surface area contributed by atoms with Crippen LogP contribution in [0.1, 0.15) is 38.2 Å². The Hall–Kier alpha value is -4.50. The van der Waals surface area contributed by atoms with E-state index in [0.29, 0.717) is 60.4 Å². The van der Waals surface area contributed by atoms with E-state index < -0.39 is 5.97 Å². The van der Waals surface area contributed by atoms with Crippen LogP contribution in [0.4, 0.5) is 29.2 Å². The van der Waals surface area contributed by atoms with Gasteiger partial charge >= 0.3 is 5.97 Å². The summed E-state index contributed by atoms with van der Waals surface area (Å²) in [7, 11) is 5.38. The lowest BCUT2D eigenvalue weighted by Gasteiger charge is -2.18. The molecule has 0 saturated carbocycles. The molecule has 0 aliphatic rings. The number of carbonyl (C=O) groups is 1. The average molecular weight is 608 g/mol. The highest BCUT2D eigenvalue weighted by Crippen LogP contribution is 2.35. The van der Waals surface area contributed by atoms with Crippen LogP contribution in [0.3, 0.4) is 0 Å². The molecule has 0 aliphatic heterocycles. The number of aromatic nitrogens is 6. The van der Waals surface area contributed by atoms with Gasteiger partial charge in [-0.05, 0) is 36.5 Å². The summed E-state index contributed by atoms with van der Waals surface area (Å²) >= 11 is 1.54. The number of methoxy groups -OCH3 is 1. The number of ether oxygens (including phenoxy) is 2. The van der Waals surface area contributed by atoms with Crippen LogP contribution in [0.5, 0.6) is 0 Å². The number of fused-ring (bicyclic) bond motifs is 1. The van der Waals surface area contributed by atoms with Crippen LogP contribution in [0.2, 0.25) is 0 Å². The number of azo groups is 1. The molecule has 4 aromatic rings. The van der Waals surface area contributed by atoms with Crippen LogP contribution in [0.25, 0.3) is 15.3 Å². The second-order valence-electron chi connectivity index (χ2n) is 9.95. The molecular weight excluding hydrogens is 570 g/mol. The van der Waals surface area contributed by atoms with Gasteiger partial charge in [-0.2, -0.15) is 19.6 Å². The fraction of sp³-hybridized carbons (Fsp3) is 0.429. The number of nitrogens with zero attached hydrogens (tertiary/aromatic N) is 9. The summed E-state index contributed by atoms with van der Waals surface area (Å²) in [5.74, 6) is 1.58. The van der Waals surface area contributed by atoms with E-state index >= 15 is 0 Å². The van der Waals surface area contributed by atoms with Crippen molar-refractivity contribution >= 4 is 56.7 Å². The Bertz CT molecular complexity index is 1560. The summed E-state index contributed by atoms with van der Waals surface area (Å²) in [5, 5.41) is 20.5. The van der Waals surface area contributed by atoms with Crippen LogP contribution in [-0.2, 0) is 14.3 Å². The molecule has 0 aliphatic carbocycles. The molecule has 0 amide bonds. The molecule has 0 unspecified atom stereocenters. The number of hydrogen-bond acceptors (Lipinski definition) is 14. The largest absolute Gasteiger partial charge is 0.462 e. The number of nitrogens with one attached hydrogen (secondary N) is 2. The van der Waals surface area contributed by atoms with E-state index in [9.17, 15) is 4.79 Å². The van der Waals surface area contributed by atoms with E-state index in [1.807, 2.05) is 25.1 Å². The molecule has 0 bridgehead atoms. The van der Waals surface area contributed by atoms with Crippen molar-refractivity contribution in [1.29, 1.82) is 0 Å². The molecule has 43 heavy (non-hydrogen) atoms. The zero-order valence-electron chi connectivity index (χ0n) is 25.1. The standard InChI is InChI=1S/C28H37N11O3S/c1-7-22(40)42-15-9-13-30-26-33-24(29-12-8-14-41-6)23(25(34-26)38(4)5)35-36-27-31-17-39(37-27)28-32-20-11-10-19(18(2)3)16-21(20)43-28/h7,10-11,16-18H,1,8-9,12-15H2,2-6H3,(H2,29,30,33,34). The highest BCUT2D eigenvalue weighted by molar-refractivity contribution is 7.20. The number of esters is 1. The molecule has 0 saturated heterocycles. The number of hydrogen-bond donors (Lipinski definition) is 2. The molecule has 0 radical (unpaired) electrons. The SMILES string of the molecule is C=CC(=O)OCCCNc1nc(NCCCOC)c(N=Nc2ncn(-c3nc4ccc(C(C)C)cc4s3)n2)c(N(C)C)n1. The Morgan fingerprint density at radius 3 is 2.67 bits per heavy atom. The quantitative estimate of drug-likeness (QED) is 0.0742. The van der Waals surface area contributed by atoms with E-state index in [1.165, 1.54) is 16.9 Å². The number of rotatable bonds is 16. The molecule has 228 valence electrons. The monoisotopic (exact) mass is 607 g/mol. The minimum atomic E-state index is -0.456. The minimum Gasteiger partial charge on any atom is -0.462 e. The van der Waals surface area contributed by atoms with Crippen molar-refractivity contribution < 1.29 is 14.3 Å². The lowest BCUT2D eigenvalue weighted by molar-refractivity contribution is -0.137. The van der Waals surface area contributed by atoms with Crippen molar-refractivity contribution in [1.82, 2.24) is 29.7 Å².